The molecule has 0 aliphatic carbocycles. The van der Waals surface area contributed by atoms with Crippen LogP contribution < -0.4 is 14.3 Å². The highest BCUT2D eigenvalue weighted by Gasteiger charge is 2.18. The fourth-order valence-corrected chi connectivity index (χ4v) is 3.93. The van der Waals surface area contributed by atoms with Crippen LogP contribution in [-0.2, 0) is 10.1 Å². The molecule has 0 aliphatic rings. The van der Waals surface area contributed by atoms with Gasteiger partial charge in [-0.25, -0.2) is 5.43 Å². The van der Waals surface area contributed by atoms with Gasteiger partial charge in [-0.05, 0) is 76.1 Å². The number of benzene rings is 3. The Morgan fingerprint density at radius 1 is 1.03 bits per heavy atom. The molecule has 3 aromatic carbocycles. The Bertz CT molecular complexity index is 1160. The van der Waals surface area contributed by atoms with E-state index in [9.17, 15) is 13.2 Å². The third-order valence-corrected chi connectivity index (χ3v) is 5.79. The average molecular weight is 489 g/mol. The van der Waals surface area contributed by atoms with Crippen LogP contribution >= 0.6 is 15.9 Å². The predicted molar refractivity (Wildman–Crippen MR) is 116 cm³/mol. The maximum absolute atomic E-state index is 12.5. The van der Waals surface area contributed by atoms with Crippen molar-refractivity contribution in [2.24, 2.45) is 5.10 Å². The first-order valence-corrected chi connectivity index (χ1v) is 10.9. The molecule has 0 fully saturated rings. The van der Waals surface area contributed by atoms with Crippen LogP contribution in [0.1, 0.15) is 15.9 Å². The van der Waals surface area contributed by atoms with Crippen LogP contribution in [0.3, 0.4) is 0 Å². The second-order valence-electron chi connectivity index (χ2n) is 5.97. The van der Waals surface area contributed by atoms with E-state index >= 15 is 0 Å². The summed E-state index contributed by atoms with van der Waals surface area (Å²) in [7, 11) is -2.51. The highest BCUT2D eigenvalue weighted by molar-refractivity contribution is 9.10. The maximum atomic E-state index is 12.5. The molecule has 154 valence electrons. The minimum absolute atomic E-state index is 0.00413. The number of nitrogens with zero attached hydrogens (tertiary/aromatic N) is 1. The third-order valence-electron chi connectivity index (χ3n) is 3.92. The summed E-state index contributed by atoms with van der Waals surface area (Å²) in [6.45, 7) is 0. The minimum atomic E-state index is -4.01. The summed E-state index contributed by atoms with van der Waals surface area (Å²) in [6, 6.07) is 19.3. The van der Waals surface area contributed by atoms with Crippen molar-refractivity contribution in [3.05, 3.63) is 88.4 Å². The van der Waals surface area contributed by atoms with E-state index in [0.29, 0.717) is 21.3 Å². The number of methoxy groups -OCH3 is 1. The molecular weight excluding hydrogens is 472 g/mol. The fraction of sp³-hybridized carbons (Fsp3) is 0.0476. The first-order valence-electron chi connectivity index (χ1n) is 8.65. The average Bonchev–Trinajstić information content (AvgIpc) is 2.76. The lowest BCUT2D eigenvalue weighted by Gasteiger charge is -2.09. The number of hydrogen-bond donors (Lipinski definition) is 1. The summed E-state index contributed by atoms with van der Waals surface area (Å²) >= 11 is 3.29. The van der Waals surface area contributed by atoms with Gasteiger partial charge >= 0.3 is 10.1 Å². The summed E-state index contributed by atoms with van der Waals surface area (Å²) in [5.74, 6) is 0.325. The summed E-state index contributed by atoms with van der Waals surface area (Å²) in [5, 5.41) is 3.91. The van der Waals surface area contributed by atoms with E-state index in [1.165, 1.54) is 43.7 Å². The van der Waals surface area contributed by atoms with Crippen LogP contribution in [0, 0.1) is 0 Å². The molecule has 1 N–H and O–H groups in total. The van der Waals surface area contributed by atoms with Gasteiger partial charge in [-0.2, -0.15) is 13.5 Å². The standard InChI is InChI=1S/C21H17BrN2O5S/c1-28-17-8-10-18(11-9-17)30(26,27)29-20-12-7-15(13-19(20)22)14-23-24-21(25)16-5-3-2-4-6-16/h2-14H,1H3,(H,24,25)/b23-14-. The number of hydrogen-bond acceptors (Lipinski definition) is 6. The molecular formula is C21H17BrN2O5S. The van der Waals surface area contributed by atoms with Gasteiger partial charge in [0.25, 0.3) is 5.91 Å². The Labute approximate surface area is 182 Å². The molecule has 30 heavy (non-hydrogen) atoms. The Morgan fingerprint density at radius 2 is 1.73 bits per heavy atom. The van der Waals surface area contributed by atoms with Gasteiger partial charge in [0.2, 0.25) is 0 Å². The van der Waals surface area contributed by atoms with E-state index in [1.54, 1.807) is 36.4 Å². The lowest BCUT2D eigenvalue weighted by Crippen LogP contribution is -2.17. The van der Waals surface area contributed by atoms with Crippen molar-refractivity contribution in [1.82, 2.24) is 5.43 Å². The van der Waals surface area contributed by atoms with Crippen LogP contribution in [0.15, 0.2) is 87.3 Å². The predicted octanol–water partition coefficient (Wildman–Crippen LogP) is 3.99. The zero-order valence-corrected chi connectivity index (χ0v) is 18.2. The zero-order chi connectivity index (χ0) is 21.6. The SMILES string of the molecule is COc1ccc(S(=O)(=O)Oc2ccc(/C=N\NC(=O)c3ccccc3)cc2Br)cc1. The highest BCUT2D eigenvalue weighted by Crippen LogP contribution is 2.29. The van der Waals surface area contributed by atoms with E-state index in [4.69, 9.17) is 8.92 Å². The molecule has 0 atom stereocenters. The fourth-order valence-electron chi connectivity index (χ4n) is 2.39. The van der Waals surface area contributed by atoms with Crippen molar-refractivity contribution in [1.29, 1.82) is 0 Å². The van der Waals surface area contributed by atoms with Crippen LogP contribution in [0.4, 0.5) is 0 Å². The molecule has 0 unspecified atom stereocenters. The van der Waals surface area contributed by atoms with Crippen LogP contribution in [0.25, 0.3) is 0 Å². The van der Waals surface area contributed by atoms with Crippen LogP contribution in [-0.4, -0.2) is 27.6 Å². The van der Waals surface area contributed by atoms with E-state index in [-0.39, 0.29) is 16.6 Å². The Kier molecular flexibility index (Phi) is 6.86. The molecule has 0 aliphatic heterocycles. The summed E-state index contributed by atoms with van der Waals surface area (Å²) in [4.78, 5) is 12.0. The topological polar surface area (TPSA) is 94.1 Å². The first kappa shape index (κ1) is 21.5. The van der Waals surface area contributed by atoms with Crippen LogP contribution in [0.2, 0.25) is 0 Å². The Balaban J connectivity index is 1.68. The van der Waals surface area contributed by atoms with Gasteiger partial charge in [-0.15, -0.1) is 0 Å². The molecule has 0 heterocycles. The molecule has 1 amide bonds. The number of amides is 1. The van der Waals surface area contributed by atoms with E-state index in [0.717, 1.165) is 0 Å². The monoisotopic (exact) mass is 488 g/mol. The normalized spacial score (nSPS) is 11.3. The number of carbonyl (C=O) groups excluding carboxylic acids is 1. The van der Waals surface area contributed by atoms with E-state index < -0.39 is 10.1 Å². The lowest BCUT2D eigenvalue weighted by molar-refractivity contribution is 0.0955. The van der Waals surface area contributed by atoms with Crippen molar-refractivity contribution in [3.8, 4) is 11.5 Å². The van der Waals surface area contributed by atoms with E-state index in [1.807, 2.05) is 6.07 Å². The molecule has 0 saturated carbocycles. The van der Waals surface area contributed by atoms with Gasteiger partial charge in [0.15, 0.2) is 5.75 Å². The molecule has 0 aromatic heterocycles. The zero-order valence-electron chi connectivity index (χ0n) is 15.8. The van der Waals surface area contributed by atoms with Crippen molar-refractivity contribution in [3.63, 3.8) is 0 Å². The molecule has 0 bridgehead atoms. The summed E-state index contributed by atoms with van der Waals surface area (Å²) < 4.78 is 35.6. The summed E-state index contributed by atoms with van der Waals surface area (Å²) in [6.07, 6.45) is 1.44. The smallest absolute Gasteiger partial charge is 0.339 e. The van der Waals surface area contributed by atoms with Gasteiger partial charge in [0, 0.05) is 5.56 Å². The number of ether oxygens (including phenoxy) is 1. The number of nitrogens with one attached hydrogen (secondary N) is 1. The van der Waals surface area contributed by atoms with Gasteiger partial charge in [0.1, 0.15) is 10.6 Å². The van der Waals surface area contributed by atoms with Crippen molar-refractivity contribution >= 4 is 38.2 Å². The molecule has 0 spiro atoms. The van der Waals surface area contributed by atoms with Gasteiger partial charge in [0.05, 0.1) is 17.8 Å². The van der Waals surface area contributed by atoms with Gasteiger partial charge < -0.3 is 8.92 Å². The molecule has 3 rings (SSSR count). The Morgan fingerprint density at radius 3 is 2.37 bits per heavy atom. The first-order chi connectivity index (χ1) is 14.4. The second kappa shape index (κ2) is 9.55. The largest absolute Gasteiger partial charge is 0.497 e. The van der Waals surface area contributed by atoms with Crippen LogP contribution in [0.5, 0.6) is 11.5 Å². The molecule has 9 heteroatoms. The molecule has 0 radical (unpaired) electrons. The molecule has 7 nitrogen and oxygen atoms in total. The maximum Gasteiger partial charge on any atom is 0.339 e. The van der Waals surface area contributed by atoms with Crippen molar-refractivity contribution < 1.29 is 22.1 Å². The number of halogens is 1. The van der Waals surface area contributed by atoms with Crippen molar-refractivity contribution in [2.45, 2.75) is 4.90 Å². The van der Waals surface area contributed by atoms with Gasteiger partial charge in [-0.3, -0.25) is 4.79 Å². The number of rotatable bonds is 7. The molecule has 3 aromatic rings. The second-order valence-corrected chi connectivity index (χ2v) is 8.37. The number of carbonyl (C=O) groups is 1. The van der Waals surface area contributed by atoms with Crippen molar-refractivity contribution in [2.75, 3.05) is 7.11 Å². The quantitative estimate of drug-likeness (QED) is 0.308. The Hall–Kier alpha value is -3.17. The van der Waals surface area contributed by atoms with E-state index in [2.05, 4.69) is 26.5 Å². The molecule has 0 saturated heterocycles. The third kappa shape index (κ3) is 5.46. The minimum Gasteiger partial charge on any atom is -0.497 e. The number of hydrazone groups is 1. The highest BCUT2D eigenvalue weighted by atomic mass is 79.9. The lowest BCUT2D eigenvalue weighted by atomic mass is 10.2. The van der Waals surface area contributed by atoms with Gasteiger partial charge in [-0.1, -0.05) is 18.2 Å². The summed E-state index contributed by atoms with van der Waals surface area (Å²) in [5.41, 5.74) is 3.55.